The smallest absolute Gasteiger partial charge is 0.140 e. The van der Waals surface area contributed by atoms with Gasteiger partial charge in [-0.3, -0.25) is 0 Å². The van der Waals surface area contributed by atoms with Crippen molar-refractivity contribution < 1.29 is 4.18 Å². The summed E-state index contributed by atoms with van der Waals surface area (Å²) in [4.78, 5) is 0. The van der Waals surface area contributed by atoms with Gasteiger partial charge in [0, 0.05) is 0 Å². The van der Waals surface area contributed by atoms with Crippen molar-refractivity contribution in [3.8, 4) is 0 Å². The van der Waals surface area contributed by atoms with Gasteiger partial charge in [0.25, 0.3) is 0 Å². The zero-order valence-electron chi connectivity index (χ0n) is 5.23. The van der Waals surface area contributed by atoms with Crippen molar-refractivity contribution in [1.82, 2.24) is 0 Å². The molecule has 44 valence electrons. The summed E-state index contributed by atoms with van der Waals surface area (Å²) in [6.45, 7) is 3.03. The Labute approximate surface area is 48.6 Å². The SMILES string of the molecule is CCCO[S+](C)C. The van der Waals surface area contributed by atoms with Gasteiger partial charge in [-0.05, 0) is 6.42 Å². The molecule has 0 heterocycles. The van der Waals surface area contributed by atoms with Gasteiger partial charge in [0.15, 0.2) is 0 Å². The molecule has 0 saturated carbocycles. The van der Waals surface area contributed by atoms with Gasteiger partial charge >= 0.3 is 0 Å². The van der Waals surface area contributed by atoms with Crippen molar-refractivity contribution in [3.05, 3.63) is 0 Å². The monoisotopic (exact) mass is 121 g/mol. The molecule has 0 aromatic heterocycles. The fourth-order valence-electron chi connectivity index (χ4n) is 0.250. The first-order valence-electron chi connectivity index (χ1n) is 2.48. The topological polar surface area (TPSA) is 9.23 Å². The predicted octanol–water partition coefficient (Wildman–Crippen LogP) is 1.21. The minimum Gasteiger partial charge on any atom is -0.175 e. The van der Waals surface area contributed by atoms with E-state index in [4.69, 9.17) is 4.18 Å². The summed E-state index contributed by atoms with van der Waals surface area (Å²) in [7, 11) is 0. The van der Waals surface area contributed by atoms with Crippen LogP contribution < -0.4 is 0 Å². The molecule has 1 nitrogen and oxygen atoms in total. The van der Waals surface area contributed by atoms with E-state index in [0.717, 1.165) is 13.0 Å². The van der Waals surface area contributed by atoms with Crippen LogP contribution in [-0.2, 0) is 15.4 Å². The highest BCUT2D eigenvalue weighted by atomic mass is 32.2. The quantitative estimate of drug-likeness (QED) is 0.510. The van der Waals surface area contributed by atoms with Crippen molar-refractivity contribution in [2.45, 2.75) is 13.3 Å². The van der Waals surface area contributed by atoms with Crippen LogP contribution in [0.3, 0.4) is 0 Å². The highest BCUT2D eigenvalue weighted by Crippen LogP contribution is 1.87. The molecular weight excluding hydrogens is 108 g/mol. The standard InChI is InChI=1S/C5H13OS/c1-4-5-6-7(2)3/h4-5H2,1-3H3/q+1. The lowest BCUT2D eigenvalue weighted by Crippen LogP contribution is -2.01. The summed E-state index contributed by atoms with van der Waals surface area (Å²) in [6.07, 6.45) is 5.29. The van der Waals surface area contributed by atoms with Crippen molar-refractivity contribution in [1.29, 1.82) is 0 Å². The van der Waals surface area contributed by atoms with Gasteiger partial charge < -0.3 is 0 Å². The second-order valence-electron chi connectivity index (χ2n) is 1.56. The van der Waals surface area contributed by atoms with E-state index in [9.17, 15) is 0 Å². The second kappa shape index (κ2) is 4.47. The van der Waals surface area contributed by atoms with Crippen LogP contribution in [0.4, 0.5) is 0 Å². The molecule has 0 N–H and O–H groups in total. The van der Waals surface area contributed by atoms with Gasteiger partial charge in [-0.25, -0.2) is 0 Å². The van der Waals surface area contributed by atoms with Crippen molar-refractivity contribution in [2.75, 3.05) is 19.1 Å². The Bertz CT molecular complexity index is 37.1. The fourth-order valence-corrected chi connectivity index (χ4v) is 0.750. The number of rotatable bonds is 3. The van der Waals surface area contributed by atoms with Gasteiger partial charge in [-0.2, -0.15) is 4.18 Å². The molecule has 0 bridgehead atoms. The van der Waals surface area contributed by atoms with Gasteiger partial charge in [0.05, 0.1) is 0 Å². The van der Waals surface area contributed by atoms with Crippen molar-refractivity contribution in [3.63, 3.8) is 0 Å². The van der Waals surface area contributed by atoms with Crippen LogP contribution in [0.5, 0.6) is 0 Å². The first-order chi connectivity index (χ1) is 3.27. The molecule has 0 atom stereocenters. The van der Waals surface area contributed by atoms with E-state index in [-0.39, 0.29) is 11.2 Å². The number of hydrogen-bond donors (Lipinski definition) is 0. The molecule has 0 rings (SSSR count). The van der Waals surface area contributed by atoms with E-state index in [2.05, 4.69) is 19.4 Å². The van der Waals surface area contributed by atoms with Crippen LogP contribution in [0.1, 0.15) is 13.3 Å². The van der Waals surface area contributed by atoms with E-state index in [1.165, 1.54) is 0 Å². The Hall–Kier alpha value is 0.310. The Morgan fingerprint density at radius 3 is 2.14 bits per heavy atom. The van der Waals surface area contributed by atoms with Gasteiger partial charge in [-0.1, -0.05) is 6.92 Å². The van der Waals surface area contributed by atoms with E-state index >= 15 is 0 Å². The van der Waals surface area contributed by atoms with Crippen LogP contribution in [-0.4, -0.2) is 19.1 Å². The van der Waals surface area contributed by atoms with E-state index < -0.39 is 0 Å². The molecule has 7 heavy (non-hydrogen) atoms. The predicted molar refractivity (Wildman–Crippen MR) is 35.5 cm³/mol. The Morgan fingerprint density at radius 1 is 1.43 bits per heavy atom. The molecule has 0 aromatic rings. The Balaban J connectivity index is 2.68. The Kier molecular flexibility index (Phi) is 4.67. The second-order valence-corrected chi connectivity index (χ2v) is 3.28. The molecule has 2 heteroatoms. The van der Waals surface area contributed by atoms with Crippen LogP contribution >= 0.6 is 0 Å². The summed E-state index contributed by atoms with van der Waals surface area (Å²) in [5.41, 5.74) is 0. The van der Waals surface area contributed by atoms with E-state index in [1.54, 1.807) is 0 Å². The maximum atomic E-state index is 5.22. The first-order valence-corrected chi connectivity index (χ1v) is 4.45. The largest absolute Gasteiger partial charge is 0.175 e. The van der Waals surface area contributed by atoms with Crippen LogP contribution in [0.15, 0.2) is 0 Å². The van der Waals surface area contributed by atoms with Gasteiger partial charge in [0.2, 0.25) is 0 Å². The number of hydrogen-bond acceptors (Lipinski definition) is 1. The maximum Gasteiger partial charge on any atom is 0.140 e. The average Bonchev–Trinajstić information content (AvgIpc) is 1.61. The zero-order chi connectivity index (χ0) is 5.70. The van der Waals surface area contributed by atoms with Gasteiger partial charge in [0.1, 0.15) is 30.3 Å². The molecule has 0 radical (unpaired) electrons. The minimum atomic E-state index is 0.185. The van der Waals surface area contributed by atoms with Crippen molar-refractivity contribution in [2.24, 2.45) is 0 Å². The first kappa shape index (κ1) is 7.31. The summed E-state index contributed by atoms with van der Waals surface area (Å²) in [5, 5.41) is 0. The highest BCUT2D eigenvalue weighted by molar-refractivity contribution is 7.90. The fraction of sp³-hybridized carbons (Fsp3) is 1.00. The molecule has 0 aliphatic heterocycles. The zero-order valence-corrected chi connectivity index (χ0v) is 6.05. The molecule has 0 spiro atoms. The molecule has 0 aromatic carbocycles. The lowest BCUT2D eigenvalue weighted by Gasteiger charge is -1.91. The molecule has 0 unspecified atom stereocenters. The van der Waals surface area contributed by atoms with Crippen LogP contribution in [0.2, 0.25) is 0 Å². The summed E-state index contributed by atoms with van der Waals surface area (Å²) in [5.74, 6) is 0. The average molecular weight is 121 g/mol. The minimum absolute atomic E-state index is 0.185. The maximum absolute atomic E-state index is 5.22. The molecule has 0 aliphatic carbocycles. The lowest BCUT2D eigenvalue weighted by molar-refractivity contribution is 0.365. The molecule has 0 aliphatic rings. The van der Waals surface area contributed by atoms with Gasteiger partial charge in [-0.15, -0.1) is 0 Å². The molecule has 0 saturated heterocycles. The summed E-state index contributed by atoms with van der Waals surface area (Å²) >= 11 is 0.185. The van der Waals surface area contributed by atoms with Crippen LogP contribution in [0.25, 0.3) is 0 Å². The third-order valence-corrected chi connectivity index (χ3v) is 1.16. The van der Waals surface area contributed by atoms with E-state index in [1.807, 2.05) is 0 Å². The lowest BCUT2D eigenvalue weighted by atomic mass is 10.5. The van der Waals surface area contributed by atoms with E-state index in [0.29, 0.717) is 0 Å². The molecular formula is C5H13OS+. The highest BCUT2D eigenvalue weighted by Gasteiger charge is 1.98. The molecule has 0 amide bonds. The summed E-state index contributed by atoms with van der Waals surface area (Å²) < 4.78 is 5.22. The van der Waals surface area contributed by atoms with Crippen LogP contribution in [0, 0.1) is 0 Å². The molecule has 0 fully saturated rings. The normalized spacial score (nSPS) is 10.3. The third-order valence-electron chi connectivity index (χ3n) is 0.523. The Morgan fingerprint density at radius 2 is 2.00 bits per heavy atom. The third kappa shape index (κ3) is 6.31. The summed E-state index contributed by atoms with van der Waals surface area (Å²) in [6, 6.07) is 0. The van der Waals surface area contributed by atoms with Crippen molar-refractivity contribution >= 4 is 11.2 Å².